The molecule has 0 radical (unpaired) electrons. The van der Waals surface area contributed by atoms with Gasteiger partial charge in [-0.05, 0) is 25.0 Å². The minimum Gasteiger partial charge on any atom is -0.387 e. The summed E-state index contributed by atoms with van der Waals surface area (Å²) in [6.07, 6.45) is 3.24. The molecule has 2 aromatic rings. The summed E-state index contributed by atoms with van der Waals surface area (Å²) in [6, 6.07) is 6.19. The van der Waals surface area contributed by atoms with E-state index in [1.807, 2.05) is 24.6 Å². The molecule has 19 heavy (non-hydrogen) atoms. The molecule has 1 atom stereocenters. The zero-order valence-corrected chi connectivity index (χ0v) is 12.1. The third-order valence-corrected chi connectivity index (χ3v) is 3.43. The van der Waals surface area contributed by atoms with Crippen molar-refractivity contribution in [1.29, 1.82) is 0 Å². The molecular weight excluding hydrogens is 236 g/mol. The Morgan fingerprint density at radius 2 is 2.00 bits per heavy atom. The lowest BCUT2D eigenvalue weighted by Crippen LogP contribution is -2.13. The van der Waals surface area contributed by atoms with Crippen molar-refractivity contribution in [2.45, 2.75) is 46.3 Å². The first-order valence-corrected chi connectivity index (χ1v) is 6.75. The van der Waals surface area contributed by atoms with E-state index in [0.29, 0.717) is 12.5 Å². The summed E-state index contributed by atoms with van der Waals surface area (Å²) in [7, 11) is 0. The second kappa shape index (κ2) is 5.57. The first-order chi connectivity index (χ1) is 8.99. The first-order valence-electron chi connectivity index (χ1n) is 6.75. The van der Waals surface area contributed by atoms with Gasteiger partial charge in [0.05, 0.1) is 12.6 Å². The summed E-state index contributed by atoms with van der Waals surface area (Å²) < 4.78 is 2.04. The van der Waals surface area contributed by atoms with Crippen molar-refractivity contribution < 1.29 is 5.11 Å². The van der Waals surface area contributed by atoms with Gasteiger partial charge in [-0.25, -0.2) is 4.98 Å². The van der Waals surface area contributed by atoms with Crippen molar-refractivity contribution in [3.05, 3.63) is 53.1 Å². The van der Waals surface area contributed by atoms with Gasteiger partial charge in [-0.1, -0.05) is 37.6 Å². The van der Waals surface area contributed by atoms with Crippen molar-refractivity contribution in [2.24, 2.45) is 0 Å². The van der Waals surface area contributed by atoms with Gasteiger partial charge < -0.3 is 9.67 Å². The number of nitrogens with zero attached hydrogens (tertiary/aromatic N) is 2. The fraction of sp³-hybridized carbons (Fsp3) is 0.438. The van der Waals surface area contributed by atoms with E-state index in [1.54, 1.807) is 6.20 Å². The van der Waals surface area contributed by atoms with Crippen molar-refractivity contribution in [3.63, 3.8) is 0 Å². The predicted octanol–water partition coefficient (Wildman–Crippen LogP) is 3.36. The molecule has 3 nitrogen and oxygen atoms in total. The van der Waals surface area contributed by atoms with Crippen LogP contribution < -0.4 is 0 Å². The topological polar surface area (TPSA) is 38.0 Å². The van der Waals surface area contributed by atoms with Gasteiger partial charge >= 0.3 is 0 Å². The minimum absolute atomic E-state index is 0.362. The highest BCUT2D eigenvalue weighted by Crippen LogP contribution is 2.22. The molecule has 0 aliphatic heterocycles. The predicted molar refractivity (Wildman–Crippen MR) is 77.2 cm³/mol. The van der Waals surface area contributed by atoms with Crippen LogP contribution in [0.1, 0.15) is 48.4 Å². The standard InChI is InChI=1S/C16H22N2O/c1-11(2)16-17-7-8-18(16)10-15(19)14-9-12(3)5-6-13(14)4/h5-9,11,15,19H,10H2,1-4H3. The maximum absolute atomic E-state index is 10.5. The summed E-state index contributed by atoms with van der Waals surface area (Å²) in [5.41, 5.74) is 3.31. The van der Waals surface area contributed by atoms with Crippen molar-refractivity contribution in [3.8, 4) is 0 Å². The molecule has 0 aliphatic rings. The molecule has 1 heterocycles. The second-order valence-corrected chi connectivity index (χ2v) is 5.47. The fourth-order valence-electron chi connectivity index (χ4n) is 2.38. The normalized spacial score (nSPS) is 12.9. The van der Waals surface area contributed by atoms with Crippen LogP contribution in [0.4, 0.5) is 0 Å². The maximum atomic E-state index is 10.5. The average Bonchev–Trinajstić information content (AvgIpc) is 2.80. The summed E-state index contributed by atoms with van der Waals surface area (Å²) in [5, 5.41) is 10.5. The Hall–Kier alpha value is -1.61. The minimum atomic E-state index is -0.494. The summed E-state index contributed by atoms with van der Waals surface area (Å²) >= 11 is 0. The van der Waals surface area contributed by atoms with Crippen LogP contribution in [0, 0.1) is 13.8 Å². The highest BCUT2D eigenvalue weighted by Gasteiger charge is 2.14. The van der Waals surface area contributed by atoms with Gasteiger partial charge in [0.25, 0.3) is 0 Å². The molecule has 0 bridgehead atoms. The lowest BCUT2D eigenvalue weighted by Gasteiger charge is -2.17. The highest BCUT2D eigenvalue weighted by atomic mass is 16.3. The van der Waals surface area contributed by atoms with Gasteiger partial charge in [0.2, 0.25) is 0 Å². The van der Waals surface area contributed by atoms with E-state index >= 15 is 0 Å². The number of imidazole rings is 1. The fourth-order valence-corrected chi connectivity index (χ4v) is 2.38. The van der Waals surface area contributed by atoms with E-state index in [4.69, 9.17) is 0 Å². The van der Waals surface area contributed by atoms with Crippen LogP contribution in [-0.2, 0) is 6.54 Å². The number of aliphatic hydroxyl groups excluding tert-OH is 1. The SMILES string of the molecule is Cc1ccc(C)c(C(O)Cn2ccnc2C(C)C)c1. The van der Waals surface area contributed by atoms with E-state index in [2.05, 4.69) is 37.0 Å². The molecule has 0 amide bonds. The van der Waals surface area contributed by atoms with Crippen molar-refractivity contribution >= 4 is 0 Å². The van der Waals surface area contributed by atoms with Crippen LogP contribution in [0.5, 0.6) is 0 Å². The van der Waals surface area contributed by atoms with Crippen LogP contribution >= 0.6 is 0 Å². The molecule has 0 saturated heterocycles. The lowest BCUT2D eigenvalue weighted by atomic mass is 10.0. The number of hydrogen-bond donors (Lipinski definition) is 1. The number of aliphatic hydroxyl groups is 1. The second-order valence-electron chi connectivity index (χ2n) is 5.47. The van der Waals surface area contributed by atoms with Crippen LogP contribution in [-0.4, -0.2) is 14.7 Å². The van der Waals surface area contributed by atoms with Crippen LogP contribution in [0.25, 0.3) is 0 Å². The Balaban J connectivity index is 2.23. The molecule has 2 rings (SSSR count). The molecule has 3 heteroatoms. The molecule has 1 aromatic carbocycles. The van der Waals surface area contributed by atoms with Crippen LogP contribution in [0.3, 0.4) is 0 Å². The van der Waals surface area contributed by atoms with E-state index in [1.165, 1.54) is 5.56 Å². The Kier molecular flexibility index (Phi) is 4.05. The molecule has 1 unspecified atom stereocenters. The number of aryl methyl sites for hydroxylation is 2. The van der Waals surface area contributed by atoms with Crippen LogP contribution in [0.2, 0.25) is 0 Å². The Bertz CT molecular complexity index is 558. The number of aromatic nitrogens is 2. The molecule has 1 aromatic heterocycles. The zero-order valence-electron chi connectivity index (χ0n) is 12.1. The summed E-state index contributed by atoms with van der Waals surface area (Å²) in [5.74, 6) is 1.38. The van der Waals surface area contributed by atoms with E-state index in [0.717, 1.165) is 17.0 Å². The van der Waals surface area contributed by atoms with Gasteiger partial charge in [-0.2, -0.15) is 0 Å². The van der Waals surface area contributed by atoms with E-state index < -0.39 is 6.10 Å². The maximum Gasteiger partial charge on any atom is 0.111 e. The quantitative estimate of drug-likeness (QED) is 0.913. The summed E-state index contributed by atoms with van der Waals surface area (Å²) in [6.45, 7) is 8.87. The number of benzene rings is 1. The highest BCUT2D eigenvalue weighted by molar-refractivity contribution is 5.32. The summed E-state index contributed by atoms with van der Waals surface area (Å²) in [4.78, 5) is 4.35. The molecule has 1 N–H and O–H groups in total. The zero-order chi connectivity index (χ0) is 14.0. The molecule has 0 aliphatic carbocycles. The third kappa shape index (κ3) is 3.04. The van der Waals surface area contributed by atoms with Gasteiger partial charge in [0.15, 0.2) is 0 Å². The van der Waals surface area contributed by atoms with E-state index in [9.17, 15) is 5.11 Å². The Labute approximate surface area is 114 Å². The van der Waals surface area contributed by atoms with Gasteiger partial charge in [-0.3, -0.25) is 0 Å². The third-order valence-electron chi connectivity index (χ3n) is 3.43. The Morgan fingerprint density at radius 3 is 2.68 bits per heavy atom. The largest absolute Gasteiger partial charge is 0.387 e. The monoisotopic (exact) mass is 258 g/mol. The smallest absolute Gasteiger partial charge is 0.111 e. The van der Waals surface area contributed by atoms with Crippen molar-refractivity contribution in [1.82, 2.24) is 9.55 Å². The van der Waals surface area contributed by atoms with Gasteiger partial charge in [-0.15, -0.1) is 0 Å². The van der Waals surface area contributed by atoms with E-state index in [-0.39, 0.29) is 0 Å². The first kappa shape index (κ1) is 13.8. The number of rotatable bonds is 4. The average molecular weight is 258 g/mol. The molecular formula is C16H22N2O. The molecule has 102 valence electrons. The van der Waals surface area contributed by atoms with Crippen molar-refractivity contribution in [2.75, 3.05) is 0 Å². The lowest BCUT2D eigenvalue weighted by molar-refractivity contribution is 0.154. The number of hydrogen-bond acceptors (Lipinski definition) is 2. The van der Waals surface area contributed by atoms with Gasteiger partial charge in [0.1, 0.15) is 5.82 Å². The molecule has 0 spiro atoms. The molecule has 0 saturated carbocycles. The van der Waals surface area contributed by atoms with Crippen LogP contribution in [0.15, 0.2) is 30.6 Å². The molecule has 0 fully saturated rings. The van der Waals surface area contributed by atoms with Gasteiger partial charge in [0, 0.05) is 18.3 Å². The Morgan fingerprint density at radius 1 is 1.26 bits per heavy atom.